The molecule has 11 nitrogen and oxygen atoms in total. The number of aliphatic hydroxyl groups excluding tert-OH is 2. The predicted octanol–water partition coefficient (Wildman–Crippen LogP) is -0.226. The molecule has 0 saturated carbocycles. The smallest absolute Gasteiger partial charge is 0.437 e. The molecule has 0 aromatic rings. The average Bonchev–Trinajstić information content (AvgIpc) is 2.76. The zero-order valence-electron chi connectivity index (χ0n) is 27.6. The number of nitrogens with zero attached hydrogens (tertiary/aromatic N) is 2. The Morgan fingerprint density at radius 3 is 1.49 bits per heavy atom. The molecule has 0 aliphatic heterocycles. The van der Waals surface area contributed by atoms with Crippen molar-refractivity contribution in [2.45, 2.75) is 89.8 Å². The fourth-order valence-corrected chi connectivity index (χ4v) is 18.5. The van der Waals surface area contributed by atoms with Crippen LogP contribution in [-0.2, 0) is 28.3 Å². The van der Waals surface area contributed by atoms with Gasteiger partial charge >= 0.3 is 48.7 Å². The van der Waals surface area contributed by atoms with Gasteiger partial charge in [-0.05, 0) is 91.3 Å². The van der Waals surface area contributed by atoms with E-state index in [1.807, 2.05) is 19.0 Å². The van der Waals surface area contributed by atoms with Crippen LogP contribution >= 0.6 is 0 Å². The number of hydrogen-bond acceptors (Lipinski definition) is 11. The summed E-state index contributed by atoms with van der Waals surface area (Å²) in [5.41, 5.74) is 0. The topological polar surface area (TPSA) is 135 Å². The second-order valence-electron chi connectivity index (χ2n) is 12.0. The van der Waals surface area contributed by atoms with Gasteiger partial charge in [0.05, 0.1) is 25.4 Å². The molecule has 0 aromatic carbocycles. The van der Waals surface area contributed by atoms with Crippen LogP contribution < -0.4 is 29.6 Å². The summed E-state index contributed by atoms with van der Waals surface area (Å²) < 4.78 is 50.1. The van der Waals surface area contributed by atoms with Crippen molar-refractivity contribution in [3.05, 3.63) is 6.92 Å². The number of likely N-dealkylation sites (N-methyl/N-ethyl adjacent to an activating group) is 2. The molecule has 0 amide bonds. The Labute approximate surface area is 277 Å². The largest absolute Gasteiger partial charge is 1.00 e. The Morgan fingerprint density at radius 2 is 1.15 bits per heavy atom. The van der Waals surface area contributed by atoms with Gasteiger partial charge in [0, 0.05) is 26.3 Å². The van der Waals surface area contributed by atoms with Crippen LogP contribution in [-0.4, -0.2) is 137 Å². The summed E-state index contributed by atoms with van der Waals surface area (Å²) in [5.74, 6) is 0. The van der Waals surface area contributed by atoms with E-state index in [1.165, 1.54) is 0 Å². The standard InChI is InChI=1S/C25H59N2O6Si3.Na.O3S/c1-11-15-27(4)21-25(29)23-31-17-14-19-35(7,8)33-36(9,10)32-34(5,6)18-13-16-30-22-24(28)20-26(3)12-2;;1-4(2)3/h24-25,28-29H,2,11-23H2,1,3-10H3;;/q-1;+1;. The Bertz CT molecular complexity index is 747. The van der Waals surface area contributed by atoms with Crippen LogP contribution in [0.2, 0.25) is 51.4 Å². The third-order valence-corrected chi connectivity index (χ3v) is 17.3. The van der Waals surface area contributed by atoms with E-state index in [1.54, 1.807) is 0 Å². The molecular weight excluding hydrogens is 612 g/mol. The number of hydrogen-bond donors (Lipinski definition) is 2. The van der Waals surface area contributed by atoms with Crippen molar-refractivity contribution in [1.82, 2.24) is 9.80 Å². The van der Waals surface area contributed by atoms with E-state index < -0.39 is 48.0 Å². The Kier molecular flexibility index (Phi) is 28.5. The summed E-state index contributed by atoms with van der Waals surface area (Å²) in [6.07, 6.45) is 2.04. The fourth-order valence-electron chi connectivity index (χ4n) is 4.48. The zero-order valence-corrected chi connectivity index (χ0v) is 33.4. The maximum Gasteiger partial charge on any atom is 1.00 e. The van der Waals surface area contributed by atoms with Gasteiger partial charge in [0.1, 0.15) is 0 Å². The van der Waals surface area contributed by atoms with E-state index in [-0.39, 0.29) is 29.6 Å². The minimum atomic E-state index is -3.11. The van der Waals surface area contributed by atoms with E-state index in [9.17, 15) is 10.2 Å². The molecule has 0 aliphatic carbocycles. The zero-order chi connectivity index (χ0) is 31.4. The Hall–Kier alpha value is 0.951. The molecule has 0 rings (SSSR count). The second kappa shape index (κ2) is 25.2. The van der Waals surface area contributed by atoms with Gasteiger partial charge < -0.3 is 44.6 Å². The Balaban J connectivity index is -0.00000269. The third-order valence-electron chi connectivity index (χ3n) is 5.83. The molecule has 0 saturated heterocycles. The van der Waals surface area contributed by atoms with Crippen molar-refractivity contribution < 1.29 is 70.1 Å². The molecular formula is C25H59N2NaO9SSi3. The average molecular weight is 671 g/mol. The summed E-state index contributed by atoms with van der Waals surface area (Å²) in [6, 6.07) is 2.02. The maximum absolute atomic E-state index is 10.1. The monoisotopic (exact) mass is 670 g/mol. The van der Waals surface area contributed by atoms with Gasteiger partial charge in [-0.2, -0.15) is 0 Å². The first-order chi connectivity index (χ1) is 18.3. The molecule has 0 radical (unpaired) electrons. The molecule has 2 unspecified atom stereocenters. The third kappa shape index (κ3) is 32.2. The maximum atomic E-state index is 10.1. The molecule has 2 atom stereocenters. The van der Waals surface area contributed by atoms with Gasteiger partial charge in [0.25, 0.3) is 0 Å². The van der Waals surface area contributed by atoms with Gasteiger partial charge in [0.2, 0.25) is 0 Å². The first-order valence-electron chi connectivity index (χ1n) is 14.2. The minimum Gasteiger partial charge on any atom is -0.437 e. The summed E-state index contributed by atoms with van der Waals surface area (Å²) in [7, 11) is -5.15. The fraction of sp³-hybridized carbons (Fsp3) is 0.960. The minimum absolute atomic E-state index is 0. The van der Waals surface area contributed by atoms with Crippen LogP contribution in [0.3, 0.4) is 0 Å². The normalized spacial score (nSPS) is 13.9. The first kappa shape index (κ1) is 46.4. The van der Waals surface area contributed by atoms with Gasteiger partial charge in [-0.1, -0.05) is 6.92 Å². The van der Waals surface area contributed by atoms with Crippen molar-refractivity contribution in [3.8, 4) is 0 Å². The summed E-state index contributed by atoms with van der Waals surface area (Å²) in [5, 5.41) is 20.1. The van der Waals surface area contributed by atoms with Gasteiger partial charge in [0.15, 0.2) is 16.6 Å². The molecule has 242 valence electrons. The van der Waals surface area contributed by atoms with Crippen LogP contribution in [0, 0.1) is 6.92 Å². The molecule has 0 aliphatic rings. The molecule has 0 bridgehead atoms. The molecule has 2 N–H and O–H groups in total. The van der Waals surface area contributed by atoms with E-state index in [0.717, 1.165) is 37.9 Å². The van der Waals surface area contributed by atoms with Crippen LogP contribution in [0.25, 0.3) is 0 Å². The number of ether oxygens (including phenoxy) is 2. The summed E-state index contributed by atoms with van der Waals surface area (Å²) in [4.78, 5) is 4.11. The summed E-state index contributed by atoms with van der Waals surface area (Å²) >= 11 is 0. The number of aliphatic hydroxyl groups is 2. The predicted molar refractivity (Wildman–Crippen MR) is 167 cm³/mol. The van der Waals surface area contributed by atoms with Gasteiger partial charge in [-0.15, -0.1) is 19.2 Å². The quantitative estimate of drug-likeness (QED) is 0.0849. The molecule has 0 fully saturated rings. The molecule has 0 heterocycles. The van der Waals surface area contributed by atoms with Gasteiger partial charge in [-0.25, -0.2) is 0 Å². The molecule has 0 aromatic heterocycles. The van der Waals surface area contributed by atoms with Gasteiger partial charge in [-0.3, -0.25) is 0 Å². The molecule has 41 heavy (non-hydrogen) atoms. The SMILES string of the molecule is O=S(=O)=O.[CH2-]CN(C)CC(O)COCCC[Si](C)(C)O[Si](C)(C)O[Si](C)(C)CCCOCC(O)CN(C)CCC.[Na+]. The van der Waals surface area contributed by atoms with Crippen molar-refractivity contribution >= 4 is 35.8 Å². The number of rotatable bonds is 23. The summed E-state index contributed by atoms with van der Waals surface area (Å²) in [6.45, 7) is 24.2. The van der Waals surface area contributed by atoms with E-state index in [0.29, 0.717) is 46.1 Å². The van der Waals surface area contributed by atoms with Crippen molar-refractivity contribution in [2.24, 2.45) is 0 Å². The van der Waals surface area contributed by atoms with Crippen molar-refractivity contribution in [2.75, 3.05) is 66.7 Å². The van der Waals surface area contributed by atoms with E-state index in [2.05, 4.69) is 58.0 Å². The molecule has 0 spiro atoms. The van der Waals surface area contributed by atoms with E-state index >= 15 is 0 Å². The molecule has 16 heteroatoms. The first-order valence-corrected chi connectivity index (χ1v) is 24.2. The van der Waals surface area contributed by atoms with E-state index in [4.69, 9.17) is 30.3 Å². The van der Waals surface area contributed by atoms with Crippen molar-refractivity contribution in [1.29, 1.82) is 0 Å². The van der Waals surface area contributed by atoms with Crippen LogP contribution in [0.4, 0.5) is 0 Å². The van der Waals surface area contributed by atoms with Crippen LogP contribution in [0.15, 0.2) is 0 Å². The van der Waals surface area contributed by atoms with Crippen molar-refractivity contribution in [3.63, 3.8) is 0 Å². The second-order valence-corrected chi connectivity index (χ2v) is 24.9. The van der Waals surface area contributed by atoms with Crippen LogP contribution in [0.1, 0.15) is 26.2 Å². The Morgan fingerprint density at radius 1 is 0.780 bits per heavy atom. The van der Waals surface area contributed by atoms with Crippen LogP contribution in [0.5, 0.6) is 0 Å².